The maximum Gasteiger partial charge on any atom is 0.313 e. The van der Waals surface area contributed by atoms with Crippen molar-refractivity contribution in [2.75, 3.05) is 5.32 Å². The zero-order valence-electron chi connectivity index (χ0n) is 10.3. The number of hydrogen-bond acceptors (Lipinski definition) is 2. The van der Waals surface area contributed by atoms with E-state index in [1.807, 2.05) is 0 Å². The van der Waals surface area contributed by atoms with Crippen LogP contribution in [0.2, 0.25) is 10.0 Å². The maximum atomic E-state index is 11.6. The molecule has 0 aliphatic heterocycles. The van der Waals surface area contributed by atoms with E-state index in [2.05, 4.69) is 10.6 Å². The van der Waals surface area contributed by atoms with Crippen LogP contribution in [0.15, 0.2) is 18.2 Å². The second-order valence-electron chi connectivity index (χ2n) is 4.78. The highest BCUT2D eigenvalue weighted by molar-refractivity contribution is 6.42. The number of rotatable bonds is 1. The second kappa shape index (κ2) is 5.59. The highest BCUT2D eigenvalue weighted by Gasteiger charge is 2.20. The van der Waals surface area contributed by atoms with Crippen molar-refractivity contribution in [3.05, 3.63) is 28.2 Å². The Kier molecular flexibility index (Phi) is 4.59. The first-order chi connectivity index (χ1) is 8.19. The monoisotopic (exact) mass is 288 g/mol. The lowest BCUT2D eigenvalue weighted by Gasteiger charge is -2.20. The van der Waals surface area contributed by atoms with Crippen molar-refractivity contribution in [1.29, 1.82) is 0 Å². The lowest BCUT2D eigenvalue weighted by atomic mass is 10.1. The van der Waals surface area contributed by atoms with Gasteiger partial charge in [-0.05, 0) is 39.0 Å². The first-order valence-electron chi connectivity index (χ1n) is 5.27. The van der Waals surface area contributed by atoms with E-state index in [1.54, 1.807) is 26.8 Å². The molecule has 0 bridgehead atoms. The fourth-order valence-electron chi connectivity index (χ4n) is 1.17. The van der Waals surface area contributed by atoms with Gasteiger partial charge in [-0.25, -0.2) is 0 Å². The summed E-state index contributed by atoms with van der Waals surface area (Å²) in [6.07, 6.45) is 0. The van der Waals surface area contributed by atoms with Crippen LogP contribution < -0.4 is 10.6 Å². The average molecular weight is 289 g/mol. The summed E-state index contributed by atoms with van der Waals surface area (Å²) in [5.41, 5.74) is -0.131. The van der Waals surface area contributed by atoms with E-state index in [0.29, 0.717) is 10.7 Å². The molecule has 0 spiro atoms. The molecule has 0 saturated heterocycles. The van der Waals surface area contributed by atoms with E-state index in [0.717, 1.165) is 0 Å². The van der Waals surface area contributed by atoms with Crippen LogP contribution in [0.4, 0.5) is 5.69 Å². The van der Waals surface area contributed by atoms with Crippen molar-refractivity contribution in [3.8, 4) is 0 Å². The smallest absolute Gasteiger partial charge is 0.313 e. The van der Waals surface area contributed by atoms with Crippen LogP contribution >= 0.6 is 23.2 Å². The first-order valence-corrected chi connectivity index (χ1v) is 6.03. The molecule has 0 atom stereocenters. The molecule has 2 amide bonds. The van der Waals surface area contributed by atoms with Gasteiger partial charge in [0.05, 0.1) is 10.7 Å². The van der Waals surface area contributed by atoms with Gasteiger partial charge in [-0.3, -0.25) is 9.59 Å². The van der Waals surface area contributed by atoms with Gasteiger partial charge in [-0.2, -0.15) is 0 Å². The molecule has 1 aromatic rings. The van der Waals surface area contributed by atoms with E-state index < -0.39 is 17.4 Å². The quantitative estimate of drug-likeness (QED) is 0.781. The van der Waals surface area contributed by atoms with E-state index in [-0.39, 0.29) is 5.02 Å². The van der Waals surface area contributed by atoms with Gasteiger partial charge in [0, 0.05) is 10.6 Å². The maximum absolute atomic E-state index is 11.6. The van der Waals surface area contributed by atoms with Crippen LogP contribution in [0.3, 0.4) is 0 Å². The summed E-state index contributed by atoms with van der Waals surface area (Å²) in [6, 6.07) is 4.60. The third-order valence-corrected chi connectivity index (χ3v) is 2.42. The molecule has 0 radical (unpaired) electrons. The minimum Gasteiger partial charge on any atom is -0.343 e. The van der Waals surface area contributed by atoms with Gasteiger partial charge in [0.2, 0.25) is 0 Å². The molecule has 0 fully saturated rings. The zero-order chi connectivity index (χ0) is 13.9. The average Bonchev–Trinajstić information content (AvgIpc) is 2.19. The van der Waals surface area contributed by atoms with Gasteiger partial charge >= 0.3 is 11.8 Å². The lowest BCUT2D eigenvalue weighted by molar-refractivity contribution is -0.137. The van der Waals surface area contributed by atoms with Crippen molar-refractivity contribution in [1.82, 2.24) is 5.32 Å². The van der Waals surface area contributed by atoms with Gasteiger partial charge in [0.15, 0.2) is 0 Å². The molecule has 0 aliphatic rings. The Morgan fingerprint density at radius 2 is 1.72 bits per heavy atom. The van der Waals surface area contributed by atoms with Gasteiger partial charge in [-0.15, -0.1) is 0 Å². The van der Waals surface area contributed by atoms with Gasteiger partial charge in [0.1, 0.15) is 0 Å². The number of carbonyl (C=O) groups excluding carboxylic acids is 2. The Balaban J connectivity index is 2.73. The molecule has 18 heavy (non-hydrogen) atoms. The van der Waals surface area contributed by atoms with Crippen LogP contribution in [0, 0.1) is 0 Å². The van der Waals surface area contributed by atoms with Crippen LogP contribution in [0.25, 0.3) is 0 Å². The number of halogens is 2. The Hall–Kier alpha value is -1.26. The minimum atomic E-state index is -0.769. The van der Waals surface area contributed by atoms with Crippen molar-refractivity contribution in [2.24, 2.45) is 0 Å². The molecular weight excluding hydrogens is 275 g/mol. The Morgan fingerprint density at radius 3 is 2.22 bits per heavy atom. The fraction of sp³-hybridized carbons (Fsp3) is 0.333. The highest BCUT2D eigenvalue weighted by atomic mass is 35.5. The lowest BCUT2D eigenvalue weighted by Crippen LogP contribution is -2.46. The summed E-state index contributed by atoms with van der Waals surface area (Å²) < 4.78 is 0. The molecule has 0 aromatic heterocycles. The van der Waals surface area contributed by atoms with E-state index in [9.17, 15) is 9.59 Å². The largest absolute Gasteiger partial charge is 0.343 e. The van der Waals surface area contributed by atoms with Crippen LogP contribution in [-0.4, -0.2) is 17.4 Å². The molecule has 0 saturated carbocycles. The number of anilines is 1. The van der Waals surface area contributed by atoms with Crippen molar-refractivity contribution in [2.45, 2.75) is 26.3 Å². The van der Waals surface area contributed by atoms with Gasteiger partial charge < -0.3 is 10.6 Å². The summed E-state index contributed by atoms with van der Waals surface area (Å²) >= 11 is 11.6. The predicted octanol–water partition coefficient (Wildman–Crippen LogP) is 2.85. The standard InChI is InChI=1S/C12H14Cl2N2O2/c1-12(2,3)16-11(18)10(17)15-9-5-4-7(13)6-8(9)14/h4-6H,1-3H3,(H,15,17)(H,16,18). The minimum absolute atomic E-state index is 0.277. The molecule has 1 rings (SSSR count). The normalized spacial score (nSPS) is 10.9. The second-order valence-corrected chi connectivity index (χ2v) is 5.63. The topological polar surface area (TPSA) is 58.2 Å². The van der Waals surface area contributed by atoms with Gasteiger partial charge in [0.25, 0.3) is 0 Å². The van der Waals surface area contributed by atoms with Crippen molar-refractivity contribution < 1.29 is 9.59 Å². The summed E-state index contributed by atoms with van der Waals surface area (Å²) in [7, 11) is 0. The van der Waals surface area contributed by atoms with Crippen molar-refractivity contribution in [3.63, 3.8) is 0 Å². The molecular formula is C12H14Cl2N2O2. The molecule has 2 N–H and O–H groups in total. The highest BCUT2D eigenvalue weighted by Crippen LogP contribution is 2.25. The summed E-state index contributed by atoms with van der Waals surface area (Å²) in [4.78, 5) is 23.2. The SMILES string of the molecule is CC(C)(C)NC(=O)C(=O)Nc1ccc(Cl)cc1Cl. The van der Waals surface area contributed by atoms with E-state index in [4.69, 9.17) is 23.2 Å². The number of amides is 2. The number of hydrogen-bond donors (Lipinski definition) is 2. The molecule has 0 unspecified atom stereocenters. The summed E-state index contributed by atoms with van der Waals surface area (Å²) in [5, 5.41) is 5.70. The Labute approximate surface area is 116 Å². The van der Waals surface area contributed by atoms with Crippen LogP contribution in [-0.2, 0) is 9.59 Å². The van der Waals surface area contributed by atoms with Gasteiger partial charge in [-0.1, -0.05) is 23.2 Å². The number of nitrogens with one attached hydrogen (secondary N) is 2. The molecule has 4 nitrogen and oxygen atoms in total. The fourth-order valence-corrected chi connectivity index (χ4v) is 1.62. The number of carbonyl (C=O) groups is 2. The third kappa shape index (κ3) is 4.55. The molecule has 0 heterocycles. The zero-order valence-corrected chi connectivity index (χ0v) is 11.8. The van der Waals surface area contributed by atoms with Crippen molar-refractivity contribution >= 4 is 40.7 Å². The first kappa shape index (κ1) is 14.8. The molecule has 1 aromatic carbocycles. The van der Waals surface area contributed by atoms with Crippen LogP contribution in [0.5, 0.6) is 0 Å². The number of benzene rings is 1. The third-order valence-electron chi connectivity index (χ3n) is 1.87. The summed E-state index contributed by atoms with van der Waals surface area (Å²) in [6.45, 7) is 5.36. The molecule has 6 heteroatoms. The van der Waals surface area contributed by atoms with E-state index in [1.165, 1.54) is 12.1 Å². The predicted molar refractivity (Wildman–Crippen MR) is 73.0 cm³/mol. The van der Waals surface area contributed by atoms with Crippen LogP contribution in [0.1, 0.15) is 20.8 Å². The van der Waals surface area contributed by atoms with E-state index >= 15 is 0 Å². The Morgan fingerprint density at radius 1 is 1.11 bits per heavy atom. The Bertz CT molecular complexity index is 481. The molecule has 98 valence electrons. The molecule has 0 aliphatic carbocycles. The summed E-state index contributed by atoms with van der Waals surface area (Å²) in [5.74, 6) is -1.48.